The predicted molar refractivity (Wildman–Crippen MR) is 82.0 cm³/mol. The van der Waals surface area contributed by atoms with Crippen molar-refractivity contribution in [3.8, 4) is 5.75 Å². The molecule has 108 valence electrons. The minimum absolute atomic E-state index is 0.614. The van der Waals surface area contributed by atoms with Crippen LogP contribution in [0.3, 0.4) is 0 Å². The van der Waals surface area contributed by atoms with E-state index in [0.29, 0.717) is 11.4 Å². The quantitative estimate of drug-likeness (QED) is 0.908. The summed E-state index contributed by atoms with van der Waals surface area (Å²) in [5.74, 6) is 0.614. The fourth-order valence-corrected chi connectivity index (χ4v) is 2.91. The van der Waals surface area contributed by atoms with Gasteiger partial charge in [0.2, 0.25) is 0 Å². The first-order valence-electron chi connectivity index (χ1n) is 6.61. The summed E-state index contributed by atoms with van der Waals surface area (Å²) in [7, 11) is 1.59. The van der Waals surface area contributed by atoms with E-state index >= 15 is 0 Å². The first-order valence-corrected chi connectivity index (χ1v) is 7.41. The highest BCUT2D eigenvalue weighted by Gasteiger charge is 2.21. The topological polar surface area (TPSA) is 47.3 Å². The van der Waals surface area contributed by atoms with E-state index in [1.54, 1.807) is 18.0 Å². The summed E-state index contributed by atoms with van der Waals surface area (Å²) in [6.45, 7) is 4.83. The zero-order valence-electron chi connectivity index (χ0n) is 11.9. The van der Waals surface area contributed by atoms with Gasteiger partial charge in [-0.25, -0.2) is 0 Å². The van der Waals surface area contributed by atoms with Crippen molar-refractivity contribution in [3.63, 3.8) is 0 Å². The van der Waals surface area contributed by atoms with Crippen molar-refractivity contribution in [1.29, 1.82) is 0 Å². The maximum Gasteiger partial charge on any atom is 0.163 e. The standard InChI is InChI=1S/C15H19BrN2O2/c1-4-5-18-14(13(20-3)9-17-18)15(19)11-6-10(2)7-12(16)8-11/h6-9,15,19H,4-5H2,1-3H3. The number of aromatic nitrogens is 2. The molecule has 1 N–H and O–H groups in total. The first-order chi connectivity index (χ1) is 9.56. The van der Waals surface area contributed by atoms with E-state index in [9.17, 15) is 5.11 Å². The molecule has 1 heterocycles. The monoisotopic (exact) mass is 338 g/mol. The van der Waals surface area contributed by atoms with Gasteiger partial charge in [0.25, 0.3) is 0 Å². The second-order valence-corrected chi connectivity index (χ2v) is 5.70. The molecule has 0 aliphatic carbocycles. The Kier molecular flexibility index (Phi) is 4.83. The van der Waals surface area contributed by atoms with E-state index in [0.717, 1.165) is 28.6 Å². The maximum absolute atomic E-state index is 10.7. The zero-order valence-corrected chi connectivity index (χ0v) is 13.5. The number of aryl methyl sites for hydroxylation is 2. The summed E-state index contributed by atoms with van der Waals surface area (Å²) in [5, 5.41) is 15.0. The average molecular weight is 339 g/mol. The summed E-state index contributed by atoms with van der Waals surface area (Å²) in [4.78, 5) is 0. The Morgan fingerprint density at radius 2 is 2.15 bits per heavy atom. The van der Waals surface area contributed by atoms with Crippen LogP contribution in [0.4, 0.5) is 0 Å². The molecule has 0 saturated carbocycles. The molecule has 2 aromatic rings. The lowest BCUT2D eigenvalue weighted by atomic mass is 10.0. The van der Waals surface area contributed by atoms with Crippen LogP contribution in [0.5, 0.6) is 5.75 Å². The van der Waals surface area contributed by atoms with Crippen molar-refractivity contribution in [2.75, 3.05) is 7.11 Å². The van der Waals surface area contributed by atoms with Crippen LogP contribution in [0, 0.1) is 6.92 Å². The van der Waals surface area contributed by atoms with Crippen LogP contribution in [0.25, 0.3) is 0 Å². The number of hydrogen-bond acceptors (Lipinski definition) is 3. The van der Waals surface area contributed by atoms with Gasteiger partial charge >= 0.3 is 0 Å². The predicted octanol–water partition coefficient (Wildman–Crippen LogP) is 3.45. The third-order valence-corrected chi connectivity index (χ3v) is 3.60. The van der Waals surface area contributed by atoms with Crippen molar-refractivity contribution in [1.82, 2.24) is 9.78 Å². The largest absolute Gasteiger partial charge is 0.493 e. The number of benzene rings is 1. The molecule has 1 aromatic carbocycles. The fourth-order valence-electron chi connectivity index (χ4n) is 2.28. The van der Waals surface area contributed by atoms with Crippen LogP contribution < -0.4 is 4.74 Å². The van der Waals surface area contributed by atoms with Crippen molar-refractivity contribution in [2.45, 2.75) is 32.9 Å². The smallest absolute Gasteiger partial charge is 0.163 e. The molecule has 1 aromatic heterocycles. The van der Waals surface area contributed by atoms with Crippen LogP contribution in [-0.2, 0) is 6.54 Å². The second kappa shape index (κ2) is 6.41. The molecule has 0 bridgehead atoms. The molecule has 5 heteroatoms. The molecular formula is C15H19BrN2O2. The molecule has 0 radical (unpaired) electrons. The number of methoxy groups -OCH3 is 1. The third-order valence-electron chi connectivity index (χ3n) is 3.14. The number of halogens is 1. The summed E-state index contributed by atoms with van der Waals surface area (Å²) < 4.78 is 8.08. The number of nitrogens with zero attached hydrogens (tertiary/aromatic N) is 2. The van der Waals surface area contributed by atoms with Gasteiger partial charge in [0.15, 0.2) is 5.75 Å². The highest BCUT2D eigenvalue weighted by molar-refractivity contribution is 9.10. The lowest BCUT2D eigenvalue weighted by Crippen LogP contribution is -2.11. The van der Waals surface area contributed by atoms with Crippen molar-refractivity contribution < 1.29 is 9.84 Å². The molecule has 0 fully saturated rings. The number of ether oxygens (including phenoxy) is 1. The molecule has 0 amide bonds. The van der Waals surface area contributed by atoms with Crippen LogP contribution >= 0.6 is 15.9 Å². The van der Waals surface area contributed by atoms with E-state index in [1.165, 1.54) is 0 Å². The van der Waals surface area contributed by atoms with E-state index in [2.05, 4.69) is 28.0 Å². The van der Waals surface area contributed by atoms with E-state index < -0.39 is 6.10 Å². The number of rotatable bonds is 5. The Bertz CT molecular complexity index is 575. The lowest BCUT2D eigenvalue weighted by molar-refractivity contribution is 0.202. The van der Waals surface area contributed by atoms with Crippen LogP contribution in [0.15, 0.2) is 28.9 Å². The normalized spacial score (nSPS) is 12.4. The molecule has 0 saturated heterocycles. The zero-order chi connectivity index (χ0) is 14.7. The van der Waals surface area contributed by atoms with Gasteiger partial charge in [0.1, 0.15) is 11.8 Å². The molecule has 0 aliphatic heterocycles. The molecule has 1 unspecified atom stereocenters. The van der Waals surface area contributed by atoms with Crippen molar-refractivity contribution in [2.24, 2.45) is 0 Å². The van der Waals surface area contributed by atoms with Crippen molar-refractivity contribution in [3.05, 3.63) is 45.7 Å². The maximum atomic E-state index is 10.7. The summed E-state index contributed by atoms with van der Waals surface area (Å²) in [6, 6.07) is 5.90. The highest BCUT2D eigenvalue weighted by atomic mass is 79.9. The van der Waals surface area contributed by atoms with E-state index in [-0.39, 0.29) is 0 Å². The lowest BCUT2D eigenvalue weighted by Gasteiger charge is -2.16. The Morgan fingerprint density at radius 3 is 2.75 bits per heavy atom. The Labute approximate surface area is 127 Å². The molecule has 20 heavy (non-hydrogen) atoms. The number of hydrogen-bond donors (Lipinski definition) is 1. The van der Waals surface area contributed by atoms with Crippen molar-refractivity contribution >= 4 is 15.9 Å². The van der Waals surface area contributed by atoms with Gasteiger partial charge in [-0.3, -0.25) is 4.68 Å². The van der Waals surface area contributed by atoms with Crippen LogP contribution in [0.1, 0.15) is 36.3 Å². The molecule has 1 atom stereocenters. The van der Waals surface area contributed by atoms with Gasteiger partial charge in [0, 0.05) is 11.0 Å². The van der Waals surface area contributed by atoms with Gasteiger partial charge in [-0.1, -0.05) is 28.9 Å². The fraction of sp³-hybridized carbons (Fsp3) is 0.400. The highest BCUT2D eigenvalue weighted by Crippen LogP contribution is 2.31. The van der Waals surface area contributed by atoms with Crippen LogP contribution in [-0.4, -0.2) is 22.0 Å². The van der Waals surface area contributed by atoms with Gasteiger partial charge in [-0.15, -0.1) is 0 Å². The van der Waals surface area contributed by atoms with Gasteiger partial charge in [-0.2, -0.15) is 5.10 Å². The van der Waals surface area contributed by atoms with E-state index in [1.807, 2.05) is 25.1 Å². The molecule has 0 aliphatic rings. The molecular weight excluding hydrogens is 320 g/mol. The average Bonchev–Trinajstić information content (AvgIpc) is 2.80. The minimum atomic E-state index is -0.754. The third kappa shape index (κ3) is 3.04. The number of aliphatic hydroxyl groups excluding tert-OH is 1. The molecule has 2 rings (SSSR count). The molecule has 0 spiro atoms. The summed E-state index contributed by atoms with van der Waals surface area (Å²) >= 11 is 3.46. The van der Waals surface area contributed by atoms with E-state index in [4.69, 9.17) is 4.74 Å². The second-order valence-electron chi connectivity index (χ2n) is 4.79. The Morgan fingerprint density at radius 1 is 1.40 bits per heavy atom. The van der Waals surface area contributed by atoms with Crippen LogP contribution in [0.2, 0.25) is 0 Å². The van der Waals surface area contributed by atoms with Gasteiger partial charge in [-0.05, 0) is 36.6 Å². The first kappa shape index (κ1) is 15.1. The van der Waals surface area contributed by atoms with Gasteiger partial charge < -0.3 is 9.84 Å². The number of aliphatic hydroxyl groups is 1. The van der Waals surface area contributed by atoms with Gasteiger partial charge in [0.05, 0.1) is 13.3 Å². The SMILES string of the molecule is CCCn1ncc(OC)c1C(O)c1cc(C)cc(Br)c1. The minimum Gasteiger partial charge on any atom is -0.493 e. The molecule has 4 nitrogen and oxygen atoms in total. The summed E-state index contributed by atoms with van der Waals surface area (Å²) in [6.07, 6.45) is 1.84. The summed E-state index contributed by atoms with van der Waals surface area (Å²) in [5.41, 5.74) is 2.62. The Balaban J connectivity index is 2.45. The Hall–Kier alpha value is -1.33.